The van der Waals surface area contributed by atoms with Crippen LogP contribution in [0.2, 0.25) is 0 Å². The maximum Gasteiger partial charge on any atom is -0.00431 e. The highest BCUT2D eigenvalue weighted by atomic mass is 14.9. The van der Waals surface area contributed by atoms with Gasteiger partial charge in [0, 0.05) is 0 Å². The van der Waals surface area contributed by atoms with Gasteiger partial charge in [0.25, 0.3) is 0 Å². The van der Waals surface area contributed by atoms with E-state index in [1.54, 1.807) is 11.1 Å². The van der Waals surface area contributed by atoms with Gasteiger partial charge in [-0.3, -0.25) is 0 Å². The lowest BCUT2D eigenvalue weighted by molar-refractivity contribution is 0.421. The molecule has 1 fully saturated rings. The second-order valence-corrected chi connectivity index (χ2v) is 4.75. The van der Waals surface area contributed by atoms with Crippen molar-refractivity contribution in [2.24, 2.45) is 11.8 Å². The molecule has 0 radical (unpaired) electrons. The minimum Gasteiger partial charge on any atom is -0.317 e. The van der Waals surface area contributed by atoms with Crippen LogP contribution in [0.4, 0.5) is 0 Å². The van der Waals surface area contributed by atoms with E-state index in [9.17, 15) is 0 Å². The number of hydrogen-bond donors (Lipinski definition) is 1. The van der Waals surface area contributed by atoms with E-state index in [-0.39, 0.29) is 0 Å². The molecule has 1 atom stereocenters. The molecule has 0 aromatic rings. The van der Waals surface area contributed by atoms with Crippen LogP contribution < -0.4 is 5.32 Å². The minimum atomic E-state index is 0.764. The van der Waals surface area contributed by atoms with E-state index in [0.717, 1.165) is 11.8 Å². The first-order chi connectivity index (χ1) is 6.77. The molecule has 1 aliphatic carbocycles. The molecule has 1 N–H and O–H groups in total. The van der Waals surface area contributed by atoms with Crippen molar-refractivity contribution < 1.29 is 0 Å². The molecule has 14 heavy (non-hydrogen) atoms. The molecule has 2 rings (SSSR count). The van der Waals surface area contributed by atoms with Crippen molar-refractivity contribution in [3.63, 3.8) is 0 Å². The standard InChI is InChI=1S/C13H21N/c1-10-3-4-13(9-11(10)2)12-5-7-14-8-6-12/h4,9-10,12,14H,3,5-8H2,1-2H3. The normalized spacial score (nSPS) is 29.7. The Morgan fingerprint density at radius 3 is 2.64 bits per heavy atom. The number of allylic oxidation sites excluding steroid dienone is 4. The molecule has 2 aliphatic rings. The summed E-state index contributed by atoms with van der Waals surface area (Å²) in [6, 6.07) is 0. The minimum absolute atomic E-state index is 0.764. The first kappa shape index (κ1) is 9.97. The van der Waals surface area contributed by atoms with Crippen LogP contribution in [0.5, 0.6) is 0 Å². The molecule has 78 valence electrons. The van der Waals surface area contributed by atoms with Gasteiger partial charge in [-0.05, 0) is 56.7 Å². The van der Waals surface area contributed by atoms with Gasteiger partial charge in [0.1, 0.15) is 0 Å². The molecule has 1 unspecified atom stereocenters. The summed E-state index contributed by atoms with van der Waals surface area (Å²) in [5.41, 5.74) is 3.18. The Morgan fingerprint density at radius 1 is 1.29 bits per heavy atom. The average molecular weight is 191 g/mol. The highest BCUT2D eigenvalue weighted by Gasteiger charge is 2.19. The second-order valence-electron chi connectivity index (χ2n) is 4.75. The monoisotopic (exact) mass is 191 g/mol. The molecule has 1 nitrogen and oxygen atoms in total. The fraction of sp³-hybridized carbons (Fsp3) is 0.692. The van der Waals surface area contributed by atoms with Gasteiger partial charge in [0.2, 0.25) is 0 Å². The summed E-state index contributed by atoms with van der Waals surface area (Å²) in [5.74, 6) is 1.60. The van der Waals surface area contributed by atoms with Crippen LogP contribution in [-0.4, -0.2) is 13.1 Å². The molecule has 0 spiro atoms. The van der Waals surface area contributed by atoms with Crippen LogP contribution in [-0.2, 0) is 0 Å². The van der Waals surface area contributed by atoms with Crippen molar-refractivity contribution in [1.82, 2.24) is 5.32 Å². The molecule has 0 saturated carbocycles. The first-order valence-electron chi connectivity index (χ1n) is 5.86. The summed E-state index contributed by atoms with van der Waals surface area (Å²) in [5, 5.41) is 3.43. The van der Waals surface area contributed by atoms with Gasteiger partial charge in [0.05, 0.1) is 0 Å². The van der Waals surface area contributed by atoms with E-state index in [1.807, 2.05) is 0 Å². The molecule has 0 amide bonds. The Bertz CT molecular complexity index is 256. The molecule has 0 aromatic carbocycles. The fourth-order valence-corrected chi connectivity index (χ4v) is 2.40. The Labute approximate surface area is 87.3 Å². The lowest BCUT2D eigenvalue weighted by Crippen LogP contribution is -2.28. The topological polar surface area (TPSA) is 12.0 Å². The van der Waals surface area contributed by atoms with Gasteiger partial charge in [-0.15, -0.1) is 0 Å². The van der Waals surface area contributed by atoms with Crippen LogP contribution in [0.3, 0.4) is 0 Å². The van der Waals surface area contributed by atoms with E-state index in [0.29, 0.717) is 0 Å². The molecule has 1 saturated heterocycles. The van der Waals surface area contributed by atoms with Crippen molar-refractivity contribution in [3.8, 4) is 0 Å². The van der Waals surface area contributed by atoms with Gasteiger partial charge in [0.15, 0.2) is 0 Å². The van der Waals surface area contributed by atoms with Crippen LogP contribution in [0, 0.1) is 11.8 Å². The Kier molecular flexibility index (Phi) is 3.07. The smallest absolute Gasteiger partial charge is 0.00431 e. The molecule has 1 heterocycles. The SMILES string of the molecule is CC1=CC(C2CCNCC2)=CCC1C. The quantitative estimate of drug-likeness (QED) is 0.672. The highest BCUT2D eigenvalue weighted by molar-refractivity contribution is 5.30. The van der Waals surface area contributed by atoms with E-state index >= 15 is 0 Å². The summed E-state index contributed by atoms with van der Waals surface area (Å²) in [4.78, 5) is 0. The summed E-state index contributed by atoms with van der Waals surface area (Å²) >= 11 is 0. The van der Waals surface area contributed by atoms with Gasteiger partial charge >= 0.3 is 0 Å². The van der Waals surface area contributed by atoms with Crippen molar-refractivity contribution >= 4 is 0 Å². The summed E-state index contributed by atoms with van der Waals surface area (Å²) < 4.78 is 0. The maximum absolute atomic E-state index is 3.43. The zero-order valence-corrected chi connectivity index (χ0v) is 9.34. The van der Waals surface area contributed by atoms with Crippen LogP contribution >= 0.6 is 0 Å². The third-order valence-electron chi connectivity index (χ3n) is 3.69. The van der Waals surface area contributed by atoms with Crippen LogP contribution in [0.15, 0.2) is 23.3 Å². The van der Waals surface area contributed by atoms with Crippen molar-refractivity contribution in [2.75, 3.05) is 13.1 Å². The molecule has 0 aromatic heterocycles. The molecule has 0 bridgehead atoms. The van der Waals surface area contributed by atoms with Crippen molar-refractivity contribution in [3.05, 3.63) is 23.3 Å². The zero-order valence-electron chi connectivity index (χ0n) is 9.34. The number of nitrogens with one attached hydrogen (secondary N) is 1. The molecular formula is C13H21N. The van der Waals surface area contributed by atoms with Crippen molar-refractivity contribution in [1.29, 1.82) is 0 Å². The Balaban J connectivity index is 2.04. The fourth-order valence-electron chi connectivity index (χ4n) is 2.40. The number of piperidine rings is 1. The lowest BCUT2D eigenvalue weighted by atomic mass is 9.82. The van der Waals surface area contributed by atoms with E-state index in [1.165, 1.54) is 32.4 Å². The number of hydrogen-bond acceptors (Lipinski definition) is 1. The Morgan fingerprint density at radius 2 is 2.00 bits per heavy atom. The van der Waals surface area contributed by atoms with Gasteiger partial charge < -0.3 is 5.32 Å². The molecular weight excluding hydrogens is 170 g/mol. The van der Waals surface area contributed by atoms with Gasteiger partial charge in [-0.2, -0.15) is 0 Å². The van der Waals surface area contributed by atoms with E-state index in [2.05, 4.69) is 31.3 Å². The van der Waals surface area contributed by atoms with Crippen LogP contribution in [0.1, 0.15) is 33.1 Å². The largest absolute Gasteiger partial charge is 0.317 e. The summed E-state index contributed by atoms with van der Waals surface area (Å²) in [6.07, 6.45) is 8.80. The van der Waals surface area contributed by atoms with Crippen LogP contribution in [0.25, 0.3) is 0 Å². The zero-order chi connectivity index (χ0) is 9.97. The van der Waals surface area contributed by atoms with Gasteiger partial charge in [-0.1, -0.05) is 24.6 Å². The van der Waals surface area contributed by atoms with Crippen molar-refractivity contribution in [2.45, 2.75) is 33.1 Å². The number of rotatable bonds is 1. The predicted molar refractivity (Wildman–Crippen MR) is 61.2 cm³/mol. The third-order valence-corrected chi connectivity index (χ3v) is 3.69. The molecule has 1 heteroatoms. The first-order valence-corrected chi connectivity index (χ1v) is 5.86. The summed E-state index contributed by atoms with van der Waals surface area (Å²) in [7, 11) is 0. The highest BCUT2D eigenvalue weighted by Crippen LogP contribution is 2.30. The molecule has 1 aliphatic heterocycles. The average Bonchev–Trinajstić information content (AvgIpc) is 2.23. The Hall–Kier alpha value is -0.560. The lowest BCUT2D eigenvalue weighted by Gasteiger charge is -2.27. The maximum atomic E-state index is 3.43. The van der Waals surface area contributed by atoms with Gasteiger partial charge in [-0.25, -0.2) is 0 Å². The second kappa shape index (κ2) is 4.31. The summed E-state index contributed by atoms with van der Waals surface area (Å²) in [6.45, 7) is 7.00. The predicted octanol–water partition coefficient (Wildman–Crippen LogP) is 2.90. The van der Waals surface area contributed by atoms with E-state index in [4.69, 9.17) is 0 Å². The third kappa shape index (κ3) is 2.09. The van der Waals surface area contributed by atoms with E-state index < -0.39 is 0 Å².